The lowest BCUT2D eigenvalue weighted by Crippen LogP contribution is -2.32. The number of hydrogen-bond donors (Lipinski definition) is 3. The molecule has 3 aromatic carbocycles. The van der Waals surface area contributed by atoms with E-state index >= 15 is 0 Å². The molecule has 8 nitrogen and oxygen atoms in total. The van der Waals surface area contributed by atoms with Gasteiger partial charge in [0.15, 0.2) is 6.61 Å². The molecule has 3 amide bonds. The molecule has 0 aliphatic carbocycles. The van der Waals surface area contributed by atoms with Crippen LogP contribution >= 0.6 is 11.6 Å². The molecule has 0 aromatic heterocycles. The fraction of sp³-hybridized carbons (Fsp3) is 0.120. The van der Waals surface area contributed by atoms with Crippen molar-refractivity contribution in [3.8, 4) is 5.75 Å². The first-order chi connectivity index (χ1) is 16.3. The summed E-state index contributed by atoms with van der Waals surface area (Å²) < 4.78 is 5.53. The highest BCUT2D eigenvalue weighted by Gasteiger charge is 2.12. The van der Waals surface area contributed by atoms with E-state index in [0.29, 0.717) is 27.7 Å². The zero-order chi connectivity index (χ0) is 24.5. The van der Waals surface area contributed by atoms with Crippen LogP contribution in [-0.4, -0.2) is 30.5 Å². The molecular formula is C25H23ClN4O4. The fourth-order valence-electron chi connectivity index (χ4n) is 2.80. The van der Waals surface area contributed by atoms with Gasteiger partial charge in [-0.05, 0) is 61.4 Å². The lowest BCUT2D eigenvalue weighted by Gasteiger charge is -2.10. The zero-order valence-electron chi connectivity index (χ0n) is 18.6. The second-order valence-corrected chi connectivity index (χ2v) is 7.75. The van der Waals surface area contributed by atoms with Crippen molar-refractivity contribution in [2.45, 2.75) is 13.8 Å². The van der Waals surface area contributed by atoms with Gasteiger partial charge in [-0.1, -0.05) is 47.5 Å². The van der Waals surface area contributed by atoms with Gasteiger partial charge in [-0.15, -0.1) is 0 Å². The SMILES string of the molecule is Cc1ccc(NC(=O)C(=O)N/N=C\c2cccc(OCC(=O)Nc3cccc(Cl)c3C)c2)cc1. The number of benzene rings is 3. The number of rotatable bonds is 7. The largest absolute Gasteiger partial charge is 0.484 e. The van der Waals surface area contributed by atoms with E-state index in [1.807, 2.05) is 26.0 Å². The van der Waals surface area contributed by atoms with Crippen molar-refractivity contribution >= 4 is 46.9 Å². The van der Waals surface area contributed by atoms with Crippen molar-refractivity contribution in [3.05, 3.63) is 88.4 Å². The number of aryl methyl sites for hydroxylation is 1. The zero-order valence-corrected chi connectivity index (χ0v) is 19.3. The van der Waals surface area contributed by atoms with E-state index < -0.39 is 11.8 Å². The minimum Gasteiger partial charge on any atom is -0.484 e. The number of halogens is 1. The van der Waals surface area contributed by atoms with Crippen LogP contribution < -0.4 is 20.8 Å². The molecule has 174 valence electrons. The maximum atomic E-state index is 12.2. The molecule has 0 unspecified atom stereocenters. The van der Waals surface area contributed by atoms with Crippen LogP contribution in [0.5, 0.6) is 5.75 Å². The van der Waals surface area contributed by atoms with E-state index in [9.17, 15) is 14.4 Å². The predicted molar refractivity (Wildman–Crippen MR) is 132 cm³/mol. The number of hydrazone groups is 1. The molecule has 0 saturated heterocycles. The Hall–Kier alpha value is -4.17. The third-order valence-corrected chi connectivity index (χ3v) is 5.07. The van der Waals surface area contributed by atoms with E-state index in [1.54, 1.807) is 54.6 Å². The quantitative estimate of drug-likeness (QED) is 0.270. The van der Waals surface area contributed by atoms with Crippen LogP contribution in [0.1, 0.15) is 16.7 Å². The molecule has 3 rings (SSSR count). The van der Waals surface area contributed by atoms with Crippen molar-refractivity contribution in [2.75, 3.05) is 17.2 Å². The monoisotopic (exact) mass is 478 g/mol. The standard InChI is InChI=1S/C25H23ClN4O4/c1-16-9-11-19(12-10-16)28-24(32)25(33)30-27-14-18-5-3-6-20(13-18)34-15-23(31)29-22-8-4-7-21(26)17(22)2/h3-14H,15H2,1-2H3,(H,28,32)(H,29,31)(H,30,33)/b27-14-. The Balaban J connectivity index is 1.49. The minimum absolute atomic E-state index is 0.206. The Bertz CT molecular complexity index is 1230. The van der Waals surface area contributed by atoms with Gasteiger partial charge < -0.3 is 15.4 Å². The van der Waals surface area contributed by atoms with Gasteiger partial charge in [0.1, 0.15) is 5.75 Å². The number of hydrogen-bond acceptors (Lipinski definition) is 5. The highest BCUT2D eigenvalue weighted by Crippen LogP contribution is 2.23. The molecule has 0 saturated carbocycles. The summed E-state index contributed by atoms with van der Waals surface area (Å²) in [7, 11) is 0. The van der Waals surface area contributed by atoms with Gasteiger partial charge in [-0.3, -0.25) is 14.4 Å². The Morgan fingerprint density at radius 2 is 1.68 bits per heavy atom. The van der Waals surface area contributed by atoms with E-state index in [-0.39, 0.29) is 12.5 Å². The minimum atomic E-state index is -0.905. The molecule has 0 aliphatic rings. The number of ether oxygens (including phenoxy) is 1. The van der Waals surface area contributed by atoms with Crippen LogP contribution in [0.15, 0.2) is 71.8 Å². The van der Waals surface area contributed by atoms with Crippen LogP contribution in [0.3, 0.4) is 0 Å². The van der Waals surface area contributed by atoms with Crippen molar-refractivity contribution in [1.29, 1.82) is 0 Å². The van der Waals surface area contributed by atoms with Crippen LogP contribution in [0, 0.1) is 13.8 Å². The van der Waals surface area contributed by atoms with E-state index in [0.717, 1.165) is 11.1 Å². The summed E-state index contributed by atoms with van der Waals surface area (Å²) in [6.07, 6.45) is 1.36. The Labute approximate surface area is 202 Å². The van der Waals surface area contributed by atoms with Crippen molar-refractivity contribution < 1.29 is 19.1 Å². The molecule has 3 aromatic rings. The molecule has 0 aliphatic heterocycles. The number of anilines is 2. The average molecular weight is 479 g/mol. The van der Waals surface area contributed by atoms with Gasteiger partial charge >= 0.3 is 11.8 Å². The highest BCUT2D eigenvalue weighted by atomic mass is 35.5. The predicted octanol–water partition coefficient (Wildman–Crippen LogP) is 4.06. The number of nitrogens with one attached hydrogen (secondary N) is 3. The Morgan fingerprint density at radius 3 is 2.44 bits per heavy atom. The molecule has 34 heavy (non-hydrogen) atoms. The summed E-state index contributed by atoms with van der Waals surface area (Å²) in [5, 5.41) is 9.60. The van der Waals surface area contributed by atoms with Crippen LogP contribution in [0.4, 0.5) is 11.4 Å². The second-order valence-electron chi connectivity index (χ2n) is 7.34. The number of amides is 3. The molecule has 0 spiro atoms. The van der Waals surface area contributed by atoms with Crippen LogP contribution in [0.25, 0.3) is 0 Å². The third-order valence-electron chi connectivity index (χ3n) is 4.67. The van der Waals surface area contributed by atoms with Gasteiger partial charge in [0.25, 0.3) is 5.91 Å². The third kappa shape index (κ3) is 7.18. The van der Waals surface area contributed by atoms with Crippen molar-refractivity contribution in [2.24, 2.45) is 5.10 Å². The van der Waals surface area contributed by atoms with Crippen LogP contribution in [0.2, 0.25) is 5.02 Å². The van der Waals surface area contributed by atoms with Crippen molar-refractivity contribution in [1.82, 2.24) is 5.43 Å². The summed E-state index contributed by atoms with van der Waals surface area (Å²) in [6, 6.07) is 19.1. The van der Waals surface area contributed by atoms with E-state index in [2.05, 4.69) is 21.2 Å². The molecule has 0 atom stereocenters. The van der Waals surface area contributed by atoms with Gasteiger partial charge in [0, 0.05) is 16.4 Å². The Kier molecular flexibility index (Phi) is 8.37. The maximum absolute atomic E-state index is 12.2. The van der Waals surface area contributed by atoms with Gasteiger partial charge in [0.05, 0.1) is 6.21 Å². The molecule has 9 heteroatoms. The molecular weight excluding hydrogens is 456 g/mol. The summed E-state index contributed by atoms with van der Waals surface area (Å²) in [6.45, 7) is 3.53. The molecule has 0 radical (unpaired) electrons. The smallest absolute Gasteiger partial charge is 0.329 e. The second kappa shape index (κ2) is 11.6. The first-order valence-electron chi connectivity index (χ1n) is 10.3. The van der Waals surface area contributed by atoms with Crippen molar-refractivity contribution in [3.63, 3.8) is 0 Å². The van der Waals surface area contributed by atoms with E-state index in [1.165, 1.54) is 6.21 Å². The van der Waals surface area contributed by atoms with E-state index in [4.69, 9.17) is 16.3 Å². The lowest BCUT2D eigenvalue weighted by atomic mass is 10.2. The molecule has 0 bridgehead atoms. The lowest BCUT2D eigenvalue weighted by molar-refractivity contribution is -0.136. The number of carbonyl (C=O) groups excluding carboxylic acids is 3. The normalized spacial score (nSPS) is 10.6. The molecule has 3 N–H and O–H groups in total. The highest BCUT2D eigenvalue weighted by molar-refractivity contribution is 6.39. The summed E-state index contributed by atoms with van der Waals surface area (Å²) in [5.74, 6) is -1.64. The fourth-order valence-corrected chi connectivity index (χ4v) is 2.98. The number of carbonyl (C=O) groups is 3. The summed E-state index contributed by atoms with van der Waals surface area (Å²) in [5.41, 5.74) is 5.70. The molecule has 0 heterocycles. The first-order valence-corrected chi connectivity index (χ1v) is 10.7. The topological polar surface area (TPSA) is 109 Å². The van der Waals surface area contributed by atoms with Crippen LogP contribution in [-0.2, 0) is 14.4 Å². The first kappa shape index (κ1) is 24.5. The number of nitrogens with zero attached hydrogens (tertiary/aromatic N) is 1. The van der Waals surface area contributed by atoms with Gasteiger partial charge in [0.2, 0.25) is 0 Å². The average Bonchev–Trinajstić information content (AvgIpc) is 2.82. The van der Waals surface area contributed by atoms with Gasteiger partial charge in [-0.25, -0.2) is 5.43 Å². The van der Waals surface area contributed by atoms with Gasteiger partial charge in [-0.2, -0.15) is 5.10 Å². The summed E-state index contributed by atoms with van der Waals surface area (Å²) in [4.78, 5) is 36.1. The molecule has 0 fully saturated rings. The maximum Gasteiger partial charge on any atom is 0.329 e. The Morgan fingerprint density at radius 1 is 0.941 bits per heavy atom. The summed E-state index contributed by atoms with van der Waals surface area (Å²) >= 11 is 6.06.